The Hall–Kier alpha value is -3.65. The fourth-order valence-electron chi connectivity index (χ4n) is 4.21. The van der Waals surface area contributed by atoms with Crippen molar-refractivity contribution in [3.8, 4) is 0 Å². The predicted octanol–water partition coefficient (Wildman–Crippen LogP) is 5.08. The number of hydrogen-bond acceptors (Lipinski definition) is 4. The summed E-state index contributed by atoms with van der Waals surface area (Å²) in [4.78, 5) is 28.7. The second-order valence-electron chi connectivity index (χ2n) is 10.8. The average Bonchev–Trinajstić information content (AvgIpc) is 2.89. The first-order valence-corrected chi connectivity index (χ1v) is 14.6. The number of hydrogen-bond donors (Lipinski definition) is 1. The summed E-state index contributed by atoms with van der Waals surface area (Å²) in [6.45, 7) is 11.0. The zero-order chi connectivity index (χ0) is 28.8. The summed E-state index contributed by atoms with van der Waals surface area (Å²) in [6, 6.07) is 22.1. The first-order valence-electron chi connectivity index (χ1n) is 13.2. The van der Waals surface area contributed by atoms with Crippen LogP contribution in [0.3, 0.4) is 0 Å². The summed E-state index contributed by atoms with van der Waals surface area (Å²) in [5, 5.41) is 2.94. The molecule has 0 bridgehead atoms. The number of sulfonamides is 1. The summed E-state index contributed by atoms with van der Waals surface area (Å²) in [5.74, 6) is -0.791. The number of carbonyl (C=O) groups is 2. The maximum atomic E-state index is 14.0. The third-order valence-electron chi connectivity index (χ3n) is 6.34. The highest BCUT2D eigenvalue weighted by Crippen LogP contribution is 2.25. The Morgan fingerprint density at radius 2 is 1.54 bits per heavy atom. The molecule has 1 N–H and O–H groups in total. The lowest BCUT2D eigenvalue weighted by Gasteiger charge is -2.33. The lowest BCUT2D eigenvalue weighted by Crippen LogP contribution is -2.54. The molecule has 1 atom stereocenters. The van der Waals surface area contributed by atoms with Gasteiger partial charge in [0.25, 0.3) is 10.0 Å². The van der Waals surface area contributed by atoms with Crippen LogP contribution in [0.4, 0.5) is 5.69 Å². The molecule has 3 rings (SSSR count). The minimum Gasteiger partial charge on any atom is -0.350 e. The summed E-state index contributed by atoms with van der Waals surface area (Å²) >= 11 is 0. The Labute approximate surface area is 232 Å². The summed E-state index contributed by atoms with van der Waals surface area (Å²) in [7, 11) is -4.07. The molecule has 8 heteroatoms. The van der Waals surface area contributed by atoms with Crippen LogP contribution >= 0.6 is 0 Å². The van der Waals surface area contributed by atoms with Crippen molar-refractivity contribution in [1.29, 1.82) is 0 Å². The molecule has 0 aliphatic rings. The number of nitrogens with one attached hydrogen (secondary N) is 1. The van der Waals surface area contributed by atoms with Crippen molar-refractivity contribution >= 4 is 27.5 Å². The van der Waals surface area contributed by atoms with Gasteiger partial charge in [0.2, 0.25) is 11.8 Å². The van der Waals surface area contributed by atoms with Gasteiger partial charge in [0.1, 0.15) is 12.6 Å². The van der Waals surface area contributed by atoms with Crippen LogP contribution < -0.4 is 9.62 Å². The summed E-state index contributed by atoms with van der Waals surface area (Å²) in [5.41, 5.74) is 2.81. The van der Waals surface area contributed by atoms with Crippen molar-refractivity contribution < 1.29 is 18.0 Å². The van der Waals surface area contributed by atoms with Crippen molar-refractivity contribution in [2.75, 3.05) is 10.8 Å². The largest absolute Gasteiger partial charge is 0.350 e. The van der Waals surface area contributed by atoms with Crippen molar-refractivity contribution in [3.05, 3.63) is 95.6 Å². The van der Waals surface area contributed by atoms with Gasteiger partial charge < -0.3 is 10.2 Å². The predicted molar refractivity (Wildman–Crippen MR) is 156 cm³/mol. The van der Waals surface area contributed by atoms with E-state index >= 15 is 0 Å². The molecule has 2 amide bonds. The average molecular weight is 550 g/mol. The molecule has 7 nitrogen and oxygen atoms in total. The Balaban J connectivity index is 2.03. The number of carbonyl (C=O) groups excluding carboxylic acids is 2. The minimum atomic E-state index is -4.07. The highest BCUT2D eigenvalue weighted by atomic mass is 32.2. The molecule has 0 fully saturated rings. The molecule has 3 aromatic rings. The third kappa shape index (κ3) is 7.93. The topological polar surface area (TPSA) is 86.8 Å². The molecule has 0 heterocycles. The van der Waals surface area contributed by atoms with E-state index in [1.807, 2.05) is 71.0 Å². The minimum absolute atomic E-state index is 0.0844. The second-order valence-corrected chi connectivity index (χ2v) is 12.6. The van der Waals surface area contributed by atoms with Crippen LogP contribution in [-0.4, -0.2) is 43.3 Å². The molecule has 0 saturated heterocycles. The highest BCUT2D eigenvalue weighted by molar-refractivity contribution is 7.92. The normalized spacial score (nSPS) is 12.5. The van der Waals surface area contributed by atoms with Gasteiger partial charge in [-0.05, 0) is 76.4 Å². The number of nitrogens with zero attached hydrogens (tertiary/aromatic N) is 2. The van der Waals surface area contributed by atoms with Crippen molar-refractivity contribution in [2.45, 2.75) is 71.0 Å². The second kappa shape index (κ2) is 12.5. The van der Waals surface area contributed by atoms with Gasteiger partial charge in [0.05, 0.1) is 10.6 Å². The molecule has 39 heavy (non-hydrogen) atoms. The fourth-order valence-corrected chi connectivity index (χ4v) is 5.65. The third-order valence-corrected chi connectivity index (χ3v) is 8.13. The molecule has 208 valence electrons. The van der Waals surface area contributed by atoms with E-state index in [2.05, 4.69) is 5.32 Å². The van der Waals surface area contributed by atoms with E-state index in [1.165, 1.54) is 17.0 Å². The van der Waals surface area contributed by atoms with Gasteiger partial charge in [0.15, 0.2) is 0 Å². The van der Waals surface area contributed by atoms with Crippen molar-refractivity contribution in [1.82, 2.24) is 10.2 Å². The molecule has 0 aliphatic carbocycles. The molecular weight excluding hydrogens is 510 g/mol. The van der Waals surface area contributed by atoms with E-state index in [4.69, 9.17) is 0 Å². The maximum Gasteiger partial charge on any atom is 0.264 e. The SMILES string of the molecule is CCc1ccc(N(CC(=O)N(Cc2cccc(C)c2)[C@@H](C)C(=O)NC(C)(C)C)S(=O)(=O)c2ccccc2)cc1. The van der Waals surface area contributed by atoms with Gasteiger partial charge >= 0.3 is 0 Å². The van der Waals surface area contributed by atoms with E-state index in [0.29, 0.717) is 5.69 Å². The van der Waals surface area contributed by atoms with Crippen LogP contribution in [-0.2, 0) is 32.6 Å². The lowest BCUT2D eigenvalue weighted by molar-refractivity contribution is -0.140. The van der Waals surface area contributed by atoms with Crippen LogP contribution in [0.2, 0.25) is 0 Å². The first-order chi connectivity index (χ1) is 18.3. The van der Waals surface area contributed by atoms with Gasteiger partial charge in [-0.15, -0.1) is 0 Å². The quantitative estimate of drug-likeness (QED) is 0.382. The fraction of sp³-hybridized carbons (Fsp3) is 0.355. The summed E-state index contributed by atoms with van der Waals surface area (Å²) < 4.78 is 28.8. The van der Waals surface area contributed by atoms with Crippen LogP contribution in [0.1, 0.15) is 51.3 Å². The lowest BCUT2D eigenvalue weighted by atomic mass is 10.1. The van der Waals surface area contributed by atoms with E-state index < -0.39 is 34.1 Å². The van der Waals surface area contributed by atoms with Crippen LogP contribution in [0.5, 0.6) is 0 Å². The van der Waals surface area contributed by atoms with Gasteiger partial charge in [-0.1, -0.05) is 67.1 Å². The van der Waals surface area contributed by atoms with Gasteiger partial charge in [-0.25, -0.2) is 8.42 Å². The number of amides is 2. The van der Waals surface area contributed by atoms with Gasteiger partial charge in [0, 0.05) is 12.1 Å². The van der Waals surface area contributed by atoms with Crippen molar-refractivity contribution in [2.24, 2.45) is 0 Å². The highest BCUT2D eigenvalue weighted by Gasteiger charge is 2.33. The van der Waals surface area contributed by atoms with Crippen LogP contribution in [0.25, 0.3) is 0 Å². The van der Waals surface area contributed by atoms with Crippen LogP contribution in [0.15, 0.2) is 83.8 Å². The van der Waals surface area contributed by atoms with Gasteiger partial charge in [-0.2, -0.15) is 0 Å². The van der Waals surface area contributed by atoms with E-state index in [-0.39, 0.29) is 17.3 Å². The standard InChI is InChI=1S/C31H39N3O4S/c1-7-25-16-18-27(19-17-25)34(39(37,38)28-14-9-8-10-15-28)22-29(35)33(21-26-13-11-12-23(2)20-26)24(3)30(36)32-31(4,5)6/h8-20,24H,7,21-22H2,1-6H3,(H,32,36)/t24-/m0/s1. The molecule has 0 unspecified atom stereocenters. The molecule has 0 saturated carbocycles. The number of anilines is 1. The maximum absolute atomic E-state index is 14.0. The molecule has 0 aromatic heterocycles. The smallest absolute Gasteiger partial charge is 0.264 e. The van der Waals surface area contributed by atoms with Gasteiger partial charge in [-0.3, -0.25) is 13.9 Å². The molecule has 0 radical (unpaired) electrons. The molecule has 0 aliphatic heterocycles. The van der Waals surface area contributed by atoms with Crippen LogP contribution in [0, 0.1) is 6.92 Å². The summed E-state index contributed by atoms with van der Waals surface area (Å²) in [6.07, 6.45) is 0.801. The Morgan fingerprint density at radius 3 is 2.10 bits per heavy atom. The molecular formula is C31H39N3O4S. The first kappa shape index (κ1) is 29.9. The number of aryl methyl sites for hydroxylation is 2. The number of benzene rings is 3. The van der Waals surface area contributed by atoms with E-state index in [9.17, 15) is 18.0 Å². The Bertz CT molecular complexity index is 1380. The van der Waals surface area contributed by atoms with Crippen molar-refractivity contribution in [3.63, 3.8) is 0 Å². The Kier molecular flexibility index (Phi) is 9.56. The monoisotopic (exact) mass is 549 g/mol. The van der Waals surface area contributed by atoms with E-state index in [0.717, 1.165) is 27.4 Å². The molecule has 3 aromatic carbocycles. The van der Waals surface area contributed by atoms with E-state index in [1.54, 1.807) is 37.3 Å². The molecule has 0 spiro atoms. The zero-order valence-electron chi connectivity index (χ0n) is 23.6. The zero-order valence-corrected chi connectivity index (χ0v) is 24.5. The number of rotatable bonds is 10. The Morgan fingerprint density at radius 1 is 0.897 bits per heavy atom.